The third-order valence-corrected chi connectivity index (χ3v) is 2.29. The molecule has 0 saturated carbocycles. The fraction of sp³-hybridized carbons (Fsp3) is 0.667. The number of imidazole rings is 1. The Morgan fingerprint density at radius 2 is 2.31 bits per heavy atom. The zero-order chi connectivity index (χ0) is 11.6. The molecule has 16 heavy (non-hydrogen) atoms. The van der Waals surface area contributed by atoms with Gasteiger partial charge in [0, 0.05) is 6.42 Å². The summed E-state index contributed by atoms with van der Waals surface area (Å²) in [5.41, 5.74) is 0. The van der Waals surface area contributed by atoms with Crippen molar-refractivity contribution in [3.05, 3.63) is 18.7 Å². The maximum atomic E-state index is 8.41. The Hall–Kier alpha value is -1.34. The van der Waals surface area contributed by atoms with Crippen LogP contribution in [0, 0.1) is 11.3 Å². The van der Waals surface area contributed by atoms with E-state index in [4.69, 9.17) is 10.00 Å². The van der Waals surface area contributed by atoms with Crippen LogP contribution in [0.25, 0.3) is 0 Å². The Morgan fingerprint density at radius 3 is 3.06 bits per heavy atom. The molecule has 0 aliphatic carbocycles. The van der Waals surface area contributed by atoms with Crippen molar-refractivity contribution >= 4 is 0 Å². The summed E-state index contributed by atoms with van der Waals surface area (Å²) >= 11 is 0. The molecule has 0 unspecified atom stereocenters. The van der Waals surface area contributed by atoms with Gasteiger partial charge in [0.05, 0.1) is 19.2 Å². The molecule has 0 saturated heterocycles. The molecule has 0 atom stereocenters. The summed E-state index contributed by atoms with van der Waals surface area (Å²) < 4.78 is 9.59. The molecule has 0 aliphatic rings. The standard InChI is InChI=1S/C12H20N3O/c1-2-10-16-12-15-9-8-14(11-15)7-5-3-4-6-13/h8-9,11H,2-5,7,10,12H2,1H3/q+1. The molecule has 0 spiro atoms. The van der Waals surface area contributed by atoms with E-state index in [1.54, 1.807) is 0 Å². The third kappa shape index (κ3) is 4.94. The molecule has 1 rings (SSSR count). The van der Waals surface area contributed by atoms with Crippen LogP contribution in [0.2, 0.25) is 0 Å². The molecule has 88 valence electrons. The Balaban J connectivity index is 2.20. The van der Waals surface area contributed by atoms with E-state index in [1.807, 2.05) is 23.3 Å². The van der Waals surface area contributed by atoms with Gasteiger partial charge in [-0.15, -0.1) is 0 Å². The Morgan fingerprint density at radius 1 is 1.44 bits per heavy atom. The summed E-state index contributed by atoms with van der Waals surface area (Å²) in [7, 11) is 0. The summed E-state index contributed by atoms with van der Waals surface area (Å²) in [6, 6.07) is 2.16. The summed E-state index contributed by atoms with van der Waals surface area (Å²) in [5.74, 6) is 0. The zero-order valence-electron chi connectivity index (χ0n) is 9.93. The minimum absolute atomic E-state index is 0.624. The first-order valence-electron chi connectivity index (χ1n) is 5.86. The maximum Gasteiger partial charge on any atom is 0.245 e. The molecule has 0 N–H and O–H groups in total. The van der Waals surface area contributed by atoms with E-state index in [0.29, 0.717) is 13.2 Å². The molecule has 0 bridgehead atoms. The quantitative estimate of drug-likeness (QED) is 0.497. The van der Waals surface area contributed by atoms with Crippen LogP contribution in [0.1, 0.15) is 32.6 Å². The molecule has 0 fully saturated rings. The highest BCUT2D eigenvalue weighted by Gasteiger charge is 2.02. The first kappa shape index (κ1) is 12.7. The van der Waals surface area contributed by atoms with Gasteiger partial charge in [-0.2, -0.15) is 5.26 Å². The smallest absolute Gasteiger partial charge is 0.245 e. The van der Waals surface area contributed by atoms with Gasteiger partial charge in [0.25, 0.3) is 0 Å². The normalized spacial score (nSPS) is 10.2. The monoisotopic (exact) mass is 222 g/mol. The van der Waals surface area contributed by atoms with Crippen molar-refractivity contribution in [3.8, 4) is 6.07 Å². The molecular formula is C12H20N3O+. The van der Waals surface area contributed by atoms with Crippen molar-refractivity contribution in [3.63, 3.8) is 0 Å². The van der Waals surface area contributed by atoms with Gasteiger partial charge in [-0.25, -0.2) is 9.13 Å². The number of nitriles is 1. The molecule has 0 radical (unpaired) electrons. The minimum Gasteiger partial charge on any atom is -0.342 e. The van der Waals surface area contributed by atoms with Crippen LogP contribution in [0.4, 0.5) is 0 Å². The highest BCUT2D eigenvalue weighted by Crippen LogP contribution is 1.97. The zero-order valence-corrected chi connectivity index (χ0v) is 9.93. The van der Waals surface area contributed by atoms with E-state index in [9.17, 15) is 0 Å². The van der Waals surface area contributed by atoms with Gasteiger partial charge in [0.1, 0.15) is 12.4 Å². The molecule has 1 heterocycles. The first-order valence-corrected chi connectivity index (χ1v) is 5.86. The summed E-state index contributed by atoms with van der Waals surface area (Å²) in [5, 5.41) is 8.41. The van der Waals surface area contributed by atoms with E-state index >= 15 is 0 Å². The van der Waals surface area contributed by atoms with Gasteiger partial charge in [0.15, 0.2) is 6.73 Å². The molecule has 0 aliphatic heterocycles. The molecule has 4 nitrogen and oxygen atoms in total. The fourth-order valence-corrected chi connectivity index (χ4v) is 1.46. The van der Waals surface area contributed by atoms with Crippen LogP contribution < -0.4 is 4.57 Å². The van der Waals surface area contributed by atoms with Gasteiger partial charge in [0.2, 0.25) is 6.33 Å². The van der Waals surface area contributed by atoms with Gasteiger partial charge in [-0.3, -0.25) is 0 Å². The molecule has 1 aromatic rings. The van der Waals surface area contributed by atoms with Crippen molar-refractivity contribution in [2.24, 2.45) is 0 Å². The number of unbranched alkanes of at least 4 members (excludes halogenated alkanes) is 2. The van der Waals surface area contributed by atoms with E-state index in [2.05, 4.69) is 17.6 Å². The minimum atomic E-state index is 0.624. The second-order valence-electron chi connectivity index (χ2n) is 3.82. The largest absolute Gasteiger partial charge is 0.342 e. The second-order valence-corrected chi connectivity index (χ2v) is 3.82. The van der Waals surface area contributed by atoms with Crippen molar-refractivity contribution in [2.45, 2.75) is 45.9 Å². The predicted octanol–water partition coefficient (Wildman–Crippen LogP) is 1.85. The van der Waals surface area contributed by atoms with E-state index in [-0.39, 0.29) is 0 Å². The van der Waals surface area contributed by atoms with E-state index < -0.39 is 0 Å². The lowest BCUT2D eigenvalue weighted by molar-refractivity contribution is -0.732. The van der Waals surface area contributed by atoms with Gasteiger partial charge < -0.3 is 4.74 Å². The number of hydrogen-bond donors (Lipinski definition) is 0. The lowest BCUT2D eigenvalue weighted by Gasteiger charge is -1.97. The van der Waals surface area contributed by atoms with Gasteiger partial charge in [-0.05, 0) is 19.3 Å². The fourth-order valence-electron chi connectivity index (χ4n) is 1.46. The molecular weight excluding hydrogens is 202 g/mol. The Bertz CT molecular complexity index is 327. The lowest BCUT2D eigenvalue weighted by atomic mass is 10.2. The van der Waals surface area contributed by atoms with Crippen molar-refractivity contribution in [1.82, 2.24) is 4.57 Å². The van der Waals surface area contributed by atoms with Crippen LogP contribution >= 0.6 is 0 Å². The Labute approximate surface area is 97.1 Å². The first-order chi connectivity index (χ1) is 7.86. The highest BCUT2D eigenvalue weighted by atomic mass is 16.5. The Kier molecular flexibility index (Phi) is 6.28. The number of aryl methyl sites for hydroxylation is 1. The second kappa shape index (κ2) is 7.89. The van der Waals surface area contributed by atoms with Gasteiger partial charge >= 0.3 is 0 Å². The third-order valence-electron chi connectivity index (χ3n) is 2.29. The lowest BCUT2D eigenvalue weighted by Crippen LogP contribution is -2.32. The average molecular weight is 222 g/mol. The number of aromatic nitrogens is 2. The maximum absolute atomic E-state index is 8.41. The van der Waals surface area contributed by atoms with E-state index in [1.165, 1.54) is 0 Å². The van der Waals surface area contributed by atoms with Crippen molar-refractivity contribution < 1.29 is 9.30 Å². The molecule has 0 aromatic carbocycles. The average Bonchev–Trinajstić information content (AvgIpc) is 2.73. The van der Waals surface area contributed by atoms with Crippen LogP contribution in [0.15, 0.2) is 18.7 Å². The van der Waals surface area contributed by atoms with Crippen LogP contribution in [0.3, 0.4) is 0 Å². The van der Waals surface area contributed by atoms with Crippen molar-refractivity contribution in [1.29, 1.82) is 5.26 Å². The van der Waals surface area contributed by atoms with Crippen LogP contribution in [-0.4, -0.2) is 11.2 Å². The topological polar surface area (TPSA) is 41.8 Å². The van der Waals surface area contributed by atoms with Crippen molar-refractivity contribution in [2.75, 3.05) is 6.61 Å². The number of rotatable bonds is 8. The van der Waals surface area contributed by atoms with Crippen LogP contribution in [-0.2, 0) is 18.0 Å². The summed E-state index contributed by atoms with van der Waals surface area (Å²) in [6.07, 6.45) is 9.83. The molecule has 0 amide bonds. The number of ether oxygens (including phenoxy) is 1. The SMILES string of the molecule is CCCOC[n+]1ccn(CCCCC#N)c1. The number of nitrogens with zero attached hydrogens (tertiary/aromatic N) is 3. The predicted molar refractivity (Wildman–Crippen MR) is 60.3 cm³/mol. The van der Waals surface area contributed by atoms with Crippen LogP contribution in [0.5, 0.6) is 0 Å². The number of hydrogen-bond acceptors (Lipinski definition) is 2. The molecule has 4 heteroatoms. The summed E-state index contributed by atoms with van der Waals surface area (Å²) in [6.45, 7) is 4.51. The molecule has 1 aromatic heterocycles. The summed E-state index contributed by atoms with van der Waals surface area (Å²) in [4.78, 5) is 0. The van der Waals surface area contributed by atoms with E-state index in [0.717, 1.165) is 32.4 Å². The highest BCUT2D eigenvalue weighted by molar-refractivity contribution is 4.70. The van der Waals surface area contributed by atoms with Gasteiger partial charge in [-0.1, -0.05) is 6.92 Å².